The van der Waals surface area contributed by atoms with E-state index in [1.54, 1.807) is 13.1 Å². The lowest BCUT2D eigenvalue weighted by atomic mass is 10.2. The van der Waals surface area contributed by atoms with E-state index >= 15 is 0 Å². The number of nitrogens with zero attached hydrogens (tertiary/aromatic N) is 1. The fourth-order valence-corrected chi connectivity index (χ4v) is 3.49. The van der Waals surface area contributed by atoms with Gasteiger partial charge in [0.2, 0.25) is 10.0 Å². The molecule has 1 fully saturated rings. The van der Waals surface area contributed by atoms with Crippen molar-refractivity contribution >= 4 is 16.1 Å². The van der Waals surface area contributed by atoms with Gasteiger partial charge in [0.25, 0.3) is 0 Å². The molecule has 0 aliphatic carbocycles. The van der Waals surface area contributed by atoms with E-state index in [2.05, 4.69) is 4.72 Å². The van der Waals surface area contributed by atoms with E-state index in [4.69, 9.17) is 14.2 Å². The van der Waals surface area contributed by atoms with Crippen molar-refractivity contribution < 1.29 is 27.4 Å². The van der Waals surface area contributed by atoms with Gasteiger partial charge in [-0.1, -0.05) is 0 Å². The number of amides is 1. The van der Waals surface area contributed by atoms with E-state index in [1.165, 1.54) is 17.0 Å². The first-order valence-corrected chi connectivity index (χ1v) is 8.75. The topological polar surface area (TPSA) is 94.2 Å². The molecule has 0 saturated carbocycles. The first-order valence-electron chi connectivity index (χ1n) is 7.27. The Morgan fingerprint density at radius 1 is 1.26 bits per heavy atom. The van der Waals surface area contributed by atoms with E-state index in [0.717, 1.165) is 0 Å². The van der Waals surface area contributed by atoms with Crippen LogP contribution in [-0.2, 0) is 14.8 Å². The summed E-state index contributed by atoms with van der Waals surface area (Å²) in [6.07, 6.45) is -0.264. The Balaban J connectivity index is 1.60. The number of cyclic esters (lactones) is 1. The zero-order chi connectivity index (χ0) is 16.4. The number of likely N-dealkylation sites (N-methyl/N-ethyl adjacent to an activating group) is 1. The van der Waals surface area contributed by atoms with Gasteiger partial charge in [-0.25, -0.2) is 17.9 Å². The molecule has 9 heteroatoms. The van der Waals surface area contributed by atoms with Gasteiger partial charge in [-0.05, 0) is 18.6 Å². The molecule has 1 unspecified atom stereocenters. The normalized spacial score (nSPS) is 20.5. The molecule has 3 rings (SSSR count). The van der Waals surface area contributed by atoms with E-state index in [0.29, 0.717) is 37.7 Å². The minimum Gasteiger partial charge on any atom is -0.486 e. The Morgan fingerprint density at radius 3 is 2.70 bits per heavy atom. The number of fused-ring (bicyclic) bond motifs is 1. The standard InChI is InChI=1S/C14H18N2O6S/c1-16-9-10(22-14(16)17)4-5-15-23(18,19)11-2-3-12-13(8-11)21-7-6-20-12/h2-3,8,10,15H,4-7,9H2,1H3. The van der Waals surface area contributed by atoms with Gasteiger partial charge >= 0.3 is 6.09 Å². The lowest BCUT2D eigenvalue weighted by molar-refractivity contribution is 0.131. The molecule has 2 heterocycles. The van der Waals surface area contributed by atoms with Crippen molar-refractivity contribution in [2.45, 2.75) is 17.4 Å². The molecule has 0 bridgehead atoms. The number of benzene rings is 1. The Kier molecular flexibility index (Phi) is 4.31. The zero-order valence-electron chi connectivity index (χ0n) is 12.6. The fourth-order valence-electron chi connectivity index (χ4n) is 2.43. The first-order chi connectivity index (χ1) is 11.0. The van der Waals surface area contributed by atoms with Gasteiger partial charge in [-0.15, -0.1) is 0 Å². The molecule has 1 aromatic carbocycles. The molecule has 126 valence electrons. The predicted molar refractivity (Wildman–Crippen MR) is 80.1 cm³/mol. The molecule has 1 atom stereocenters. The molecule has 0 spiro atoms. The van der Waals surface area contributed by atoms with Crippen molar-refractivity contribution in [2.75, 3.05) is 33.4 Å². The third-order valence-corrected chi connectivity index (χ3v) is 5.10. The second-order valence-corrected chi connectivity index (χ2v) is 7.15. The van der Waals surface area contributed by atoms with Gasteiger partial charge in [0, 0.05) is 19.7 Å². The molecule has 0 aromatic heterocycles. The molecule has 1 saturated heterocycles. The summed E-state index contributed by atoms with van der Waals surface area (Å²) in [5, 5.41) is 0. The number of carbonyl (C=O) groups is 1. The second-order valence-electron chi connectivity index (χ2n) is 5.38. The molecule has 2 aliphatic rings. The Bertz CT molecular complexity index is 705. The van der Waals surface area contributed by atoms with Gasteiger partial charge in [0.05, 0.1) is 11.4 Å². The van der Waals surface area contributed by atoms with Gasteiger partial charge in [0.15, 0.2) is 11.5 Å². The van der Waals surface area contributed by atoms with Crippen molar-refractivity contribution in [2.24, 2.45) is 0 Å². The summed E-state index contributed by atoms with van der Waals surface area (Å²) < 4.78 is 42.9. The van der Waals surface area contributed by atoms with Crippen LogP contribution in [0, 0.1) is 0 Å². The molecular weight excluding hydrogens is 324 g/mol. The van der Waals surface area contributed by atoms with Crippen LogP contribution in [0.3, 0.4) is 0 Å². The van der Waals surface area contributed by atoms with Gasteiger partial charge in [-0.3, -0.25) is 0 Å². The summed E-state index contributed by atoms with van der Waals surface area (Å²) in [6, 6.07) is 4.50. The summed E-state index contributed by atoms with van der Waals surface area (Å²) in [6.45, 7) is 1.49. The highest BCUT2D eigenvalue weighted by molar-refractivity contribution is 7.89. The van der Waals surface area contributed by atoms with E-state index in [9.17, 15) is 13.2 Å². The van der Waals surface area contributed by atoms with Crippen LogP contribution in [0.5, 0.6) is 11.5 Å². The van der Waals surface area contributed by atoms with Crippen molar-refractivity contribution in [1.82, 2.24) is 9.62 Å². The van der Waals surface area contributed by atoms with Crippen LogP contribution in [0.1, 0.15) is 6.42 Å². The third-order valence-electron chi connectivity index (χ3n) is 3.64. The van der Waals surface area contributed by atoms with Crippen molar-refractivity contribution in [3.05, 3.63) is 18.2 Å². The lowest BCUT2D eigenvalue weighted by Gasteiger charge is -2.19. The Hall–Kier alpha value is -2.00. The van der Waals surface area contributed by atoms with Crippen LogP contribution in [0.15, 0.2) is 23.1 Å². The number of carbonyl (C=O) groups excluding carboxylic acids is 1. The van der Waals surface area contributed by atoms with Gasteiger partial charge in [-0.2, -0.15) is 0 Å². The summed E-state index contributed by atoms with van der Waals surface area (Å²) in [4.78, 5) is 12.8. The predicted octanol–water partition coefficient (Wildman–Crippen LogP) is 0.577. The molecule has 1 aromatic rings. The number of nitrogens with one attached hydrogen (secondary N) is 1. The van der Waals surface area contributed by atoms with Crippen LogP contribution in [0.25, 0.3) is 0 Å². The summed E-state index contributed by atoms with van der Waals surface area (Å²) in [7, 11) is -2.01. The van der Waals surface area contributed by atoms with Crippen LogP contribution < -0.4 is 14.2 Å². The average Bonchev–Trinajstić information content (AvgIpc) is 2.85. The van der Waals surface area contributed by atoms with E-state index in [1.807, 2.05) is 0 Å². The number of ether oxygens (including phenoxy) is 3. The largest absolute Gasteiger partial charge is 0.486 e. The Labute approximate surface area is 134 Å². The maximum Gasteiger partial charge on any atom is 0.409 e. The SMILES string of the molecule is CN1CC(CCNS(=O)(=O)c2ccc3c(c2)OCCO3)OC1=O. The highest BCUT2D eigenvalue weighted by Gasteiger charge is 2.28. The smallest absolute Gasteiger partial charge is 0.409 e. The Morgan fingerprint density at radius 2 is 2.00 bits per heavy atom. The van der Waals surface area contributed by atoms with Crippen molar-refractivity contribution in [3.8, 4) is 11.5 Å². The molecule has 2 aliphatic heterocycles. The lowest BCUT2D eigenvalue weighted by Crippen LogP contribution is -2.28. The number of rotatable bonds is 5. The molecule has 8 nitrogen and oxygen atoms in total. The van der Waals surface area contributed by atoms with Crippen LogP contribution >= 0.6 is 0 Å². The highest BCUT2D eigenvalue weighted by atomic mass is 32.2. The van der Waals surface area contributed by atoms with Crippen LogP contribution in [0.4, 0.5) is 4.79 Å². The quantitative estimate of drug-likeness (QED) is 0.841. The summed E-state index contributed by atoms with van der Waals surface area (Å²) in [5.74, 6) is 0.960. The fraction of sp³-hybridized carbons (Fsp3) is 0.500. The highest BCUT2D eigenvalue weighted by Crippen LogP contribution is 2.32. The third kappa shape index (κ3) is 3.50. The minimum absolute atomic E-state index is 0.113. The maximum absolute atomic E-state index is 12.3. The molecule has 1 N–H and O–H groups in total. The van der Waals surface area contributed by atoms with Gasteiger partial charge < -0.3 is 19.1 Å². The summed E-state index contributed by atoms with van der Waals surface area (Å²) in [5.41, 5.74) is 0. The zero-order valence-corrected chi connectivity index (χ0v) is 13.5. The second kappa shape index (κ2) is 6.25. The molecular formula is C14H18N2O6S. The van der Waals surface area contributed by atoms with Crippen molar-refractivity contribution in [3.63, 3.8) is 0 Å². The monoisotopic (exact) mass is 342 g/mol. The van der Waals surface area contributed by atoms with Gasteiger partial charge in [0.1, 0.15) is 19.3 Å². The van der Waals surface area contributed by atoms with Crippen LogP contribution in [-0.4, -0.2) is 58.9 Å². The van der Waals surface area contributed by atoms with E-state index in [-0.39, 0.29) is 23.6 Å². The summed E-state index contributed by atoms with van der Waals surface area (Å²) >= 11 is 0. The average molecular weight is 342 g/mol. The van der Waals surface area contributed by atoms with E-state index < -0.39 is 10.0 Å². The first kappa shape index (κ1) is 15.9. The minimum atomic E-state index is -3.65. The number of hydrogen-bond donors (Lipinski definition) is 1. The molecule has 23 heavy (non-hydrogen) atoms. The number of sulfonamides is 1. The maximum atomic E-state index is 12.3. The molecule has 0 radical (unpaired) electrons. The van der Waals surface area contributed by atoms with Crippen molar-refractivity contribution in [1.29, 1.82) is 0 Å². The number of hydrogen-bond acceptors (Lipinski definition) is 6. The molecule has 1 amide bonds. The van der Waals surface area contributed by atoms with Crippen LogP contribution in [0.2, 0.25) is 0 Å².